The zero-order valence-electron chi connectivity index (χ0n) is 14.1. The lowest BCUT2D eigenvalue weighted by molar-refractivity contribution is -0.159. The summed E-state index contributed by atoms with van der Waals surface area (Å²) in [7, 11) is 1.56. The third-order valence-corrected chi connectivity index (χ3v) is 4.38. The number of aliphatic carboxylic acids is 1. The number of hydrogen-bond donors (Lipinski definition) is 1. The van der Waals surface area contributed by atoms with Gasteiger partial charge in [-0.2, -0.15) is 0 Å². The second-order valence-electron chi connectivity index (χ2n) is 7.37. The number of rotatable bonds is 3. The molecule has 122 valence electrons. The molecule has 1 saturated carbocycles. The van der Waals surface area contributed by atoms with Crippen molar-refractivity contribution in [1.29, 1.82) is 0 Å². The Morgan fingerprint density at radius 2 is 1.86 bits per heavy atom. The van der Waals surface area contributed by atoms with Gasteiger partial charge in [-0.05, 0) is 45.4 Å². The van der Waals surface area contributed by atoms with Crippen LogP contribution in [-0.4, -0.2) is 40.3 Å². The Morgan fingerprint density at radius 3 is 2.29 bits per heavy atom. The lowest BCUT2D eigenvalue weighted by atomic mass is 9.67. The minimum atomic E-state index is -1.16. The molecule has 0 aromatic heterocycles. The van der Waals surface area contributed by atoms with Crippen molar-refractivity contribution in [3.63, 3.8) is 0 Å². The summed E-state index contributed by atoms with van der Waals surface area (Å²) in [6, 6.07) is 0. The average Bonchev–Trinajstić information content (AvgIpc) is 2.35. The number of likely N-dealkylation sites (N-methyl/N-ethyl adjacent to an activating group) is 1. The van der Waals surface area contributed by atoms with E-state index in [0.717, 1.165) is 19.3 Å². The number of nitrogens with zero attached hydrogens (tertiary/aromatic N) is 1. The van der Waals surface area contributed by atoms with Crippen LogP contribution < -0.4 is 0 Å². The van der Waals surface area contributed by atoms with Crippen molar-refractivity contribution in [1.82, 2.24) is 4.90 Å². The Hall–Kier alpha value is -1.26. The molecule has 1 N–H and O–H groups in total. The van der Waals surface area contributed by atoms with E-state index in [-0.39, 0.29) is 11.8 Å². The molecule has 1 amide bonds. The maximum absolute atomic E-state index is 12.4. The van der Waals surface area contributed by atoms with Gasteiger partial charge < -0.3 is 9.84 Å². The maximum atomic E-state index is 12.4. The van der Waals surface area contributed by atoms with Gasteiger partial charge in [0, 0.05) is 7.05 Å². The SMILES string of the molecule is CC(C)C1CCCCC1(C(=O)O)N(C)C(=O)OC(C)(C)C. The Bertz CT molecular complexity index is 400. The summed E-state index contributed by atoms with van der Waals surface area (Å²) in [5.41, 5.74) is -1.79. The normalized spacial score (nSPS) is 26.5. The predicted octanol–water partition coefficient (Wildman–Crippen LogP) is 3.52. The van der Waals surface area contributed by atoms with E-state index in [2.05, 4.69) is 0 Å². The molecule has 2 atom stereocenters. The van der Waals surface area contributed by atoms with Gasteiger partial charge in [0.05, 0.1) is 0 Å². The zero-order valence-corrected chi connectivity index (χ0v) is 14.1. The summed E-state index contributed by atoms with van der Waals surface area (Å²) >= 11 is 0. The molecule has 0 aromatic carbocycles. The van der Waals surface area contributed by atoms with Gasteiger partial charge in [-0.15, -0.1) is 0 Å². The van der Waals surface area contributed by atoms with Crippen molar-refractivity contribution in [2.45, 2.75) is 71.4 Å². The maximum Gasteiger partial charge on any atom is 0.410 e. The summed E-state index contributed by atoms with van der Waals surface area (Å²) in [6.07, 6.45) is 2.60. The molecule has 0 aromatic rings. The molecule has 1 aliphatic carbocycles. The first kappa shape index (κ1) is 17.8. The zero-order chi connectivity index (χ0) is 16.4. The van der Waals surface area contributed by atoms with E-state index in [1.165, 1.54) is 4.90 Å². The molecule has 5 nitrogen and oxygen atoms in total. The summed E-state index contributed by atoms with van der Waals surface area (Å²) in [4.78, 5) is 25.8. The van der Waals surface area contributed by atoms with Gasteiger partial charge in [0.25, 0.3) is 0 Å². The first-order chi connectivity index (χ1) is 9.52. The fourth-order valence-corrected chi connectivity index (χ4v) is 3.39. The van der Waals surface area contributed by atoms with Gasteiger partial charge in [0.2, 0.25) is 0 Å². The van der Waals surface area contributed by atoms with Crippen molar-refractivity contribution in [3.05, 3.63) is 0 Å². The van der Waals surface area contributed by atoms with Crippen LogP contribution in [0.15, 0.2) is 0 Å². The summed E-state index contributed by atoms with van der Waals surface area (Å²) < 4.78 is 5.38. The Balaban J connectivity index is 3.14. The highest BCUT2D eigenvalue weighted by Gasteiger charge is 2.53. The molecular weight excluding hydrogens is 270 g/mol. The van der Waals surface area contributed by atoms with Crippen molar-refractivity contribution < 1.29 is 19.4 Å². The van der Waals surface area contributed by atoms with Crippen molar-refractivity contribution >= 4 is 12.1 Å². The molecule has 5 heteroatoms. The first-order valence-electron chi connectivity index (χ1n) is 7.72. The average molecular weight is 299 g/mol. The number of amides is 1. The van der Waals surface area contributed by atoms with Crippen LogP contribution in [0.1, 0.15) is 60.3 Å². The van der Waals surface area contributed by atoms with E-state index < -0.39 is 23.2 Å². The van der Waals surface area contributed by atoms with E-state index in [4.69, 9.17) is 4.74 Å². The fourth-order valence-electron chi connectivity index (χ4n) is 3.39. The number of hydrogen-bond acceptors (Lipinski definition) is 3. The predicted molar refractivity (Wildman–Crippen MR) is 81.2 cm³/mol. The van der Waals surface area contributed by atoms with Crippen LogP contribution in [0.4, 0.5) is 4.79 Å². The number of carboxylic acids is 1. The molecule has 2 unspecified atom stereocenters. The molecule has 1 aliphatic rings. The van der Waals surface area contributed by atoms with Gasteiger partial charge in [0.15, 0.2) is 0 Å². The molecule has 0 aliphatic heterocycles. The topological polar surface area (TPSA) is 66.8 Å². The summed E-state index contributed by atoms with van der Waals surface area (Å²) in [5, 5.41) is 9.88. The van der Waals surface area contributed by atoms with Crippen LogP contribution in [0, 0.1) is 11.8 Å². The molecule has 0 saturated heterocycles. The number of carbonyl (C=O) groups is 2. The van der Waals surface area contributed by atoms with E-state index in [1.807, 2.05) is 13.8 Å². The van der Waals surface area contributed by atoms with Gasteiger partial charge in [-0.3, -0.25) is 4.90 Å². The smallest absolute Gasteiger partial charge is 0.410 e. The molecule has 1 rings (SSSR count). The third kappa shape index (κ3) is 3.69. The van der Waals surface area contributed by atoms with Crippen LogP contribution >= 0.6 is 0 Å². The van der Waals surface area contributed by atoms with Crippen LogP contribution in [0.2, 0.25) is 0 Å². The standard InChI is InChI=1S/C16H29NO4/c1-11(2)12-9-7-8-10-16(12,13(18)19)17(6)14(20)21-15(3,4)5/h11-12H,7-10H2,1-6H3,(H,18,19). The lowest BCUT2D eigenvalue weighted by Crippen LogP contribution is -2.62. The molecule has 1 fully saturated rings. The largest absolute Gasteiger partial charge is 0.479 e. The van der Waals surface area contributed by atoms with Gasteiger partial charge >= 0.3 is 12.1 Å². The second-order valence-corrected chi connectivity index (χ2v) is 7.37. The molecule has 21 heavy (non-hydrogen) atoms. The molecule has 0 bridgehead atoms. The quantitative estimate of drug-likeness (QED) is 0.865. The van der Waals surface area contributed by atoms with Crippen LogP contribution in [-0.2, 0) is 9.53 Å². The Kier molecular flexibility index (Phi) is 5.29. The third-order valence-electron chi connectivity index (χ3n) is 4.38. The van der Waals surface area contributed by atoms with E-state index in [9.17, 15) is 14.7 Å². The second kappa shape index (κ2) is 6.24. The van der Waals surface area contributed by atoms with Gasteiger partial charge in [0.1, 0.15) is 11.1 Å². The highest BCUT2D eigenvalue weighted by molar-refractivity contribution is 5.85. The Morgan fingerprint density at radius 1 is 1.29 bits per heavy atom. The van der Waals surface area contributed by atoms with Crippen LogP contribution in [0.3, 0.4) is 0 Å². The number of carbonyl (C=O) groups excluding carboxylic acids is 1. The molecule has 0 radical (unpaired) electrons. The first-order valence-corrected chi connectivity index (χ1v) is 7.72. The summed E-state index contributed by atoms with van der Waals surface area (Å²) in [6.45, 7) is 9.40. The van der Waals surface area contributed by atoms with Crippen molar-refractivity contribution in [2.24, 2.45) is 11.8 Å². The monoisotopic (exact) mass is 299 g/mol. The highest BCUT2D eigenvalue weighted by Crippen LogP contribution is 2.42. The Labute approximate surface area is 127 Å². The molecular formula is C16H29NO4. The summed E-state index contributed by atoms with van der Waals surface area (Å²) in [5.74, 6) is -0.776. The minimum Gasteiger partial charge on any atom is -0.479 e. The molecule has 0 heterocycles. The highest BCUT2D eigenvalue weighted by atomic mass is 16.6. The van der Waals surface area contributed by atoms with Crippen molar-refractivity contribution in [3.8, 4) is 0 Å². The minimum absolute atomic E-state index is 0.0544. The number of carboxylic acid groups (broad SMARTS) is 1. The molecule has 0 spiro atoms. The van der Waals surface area contributed by atoms with E-state index in [0.29, 0.717) is 6.42 Å². The van der Waals surface area contributed by atoms with E-state index in [1.54, 1.807) is 27.8 Å². The van der Waals surface area contributed by atoms with Crippen LogP contribution in [0.5, 0.6) is 0 Å². The lowest BCUT2D eigenvalue weighted by Gasteiger charge is -2.48. The van der Waals surface area contributed by atoms with Gasteiger partial charge in [-0.1, -0.05) is 26.7 Å². The van der Waals surface area contributed by atoms with Crippen molar-refractivity contribution in [2.75, 3.05) is 7.05 Å². The van der Waals surface area contributed by atoms with E-state index >= 15 is 0 Å². The van der Waals surface area contributed by atoms with Crippen LogP contribution in [0.25, 0.3) is 0 Å². The fraction of sp³-hybridized carbons (Fsp3) is 0.875. The number of ether oxygens (including phenoxy) is 1. The van der Waals surface area contributed by atoms with Gasteiger partial charge in [-0.25, -0.2) is 9.59 Å².